The number of aryl methyl sites for hydroxylation is 1. The zero-order chi connectivity index (χ0) is 18.1. The van der Waals surface area contributed by atoms with Crippen molar-refractivity contribution in [2.75, 3.05) is 5.32 Å². The molecule has 0 fully saturated rings. The number of hydrogen-bond acceptors (Lipinski definition) is 4. The number of halogens is 2. The van der Waals surface area contributed by atoms with E-state index in [-0.39, 0.29) is 0 Å². The number of fused-ring (bicyclic) bond motifs is 1. The van der Waals surface area contributed by atoms with Crippen LogP contribution in [-0.2, 0) is 6.54 Å². The van der Waals surface area contributed by atoms with Crippen LogP contribution in [0.1, 0.15) is 10.4 Å². The number of nitrogens with one attached hydrogen (secondary N) is 1. The van der Waals surface area contributed by atoms with Gasteiger partial charge in [0.1, 0.15) is 10.6 Å². The first kappa shape index (κ1) is 17.3. The van der Waals surface area contributed by atoms with Crippen molar-refractivity contribution in [3.63, 3.8) is 0 Å². The topological polar surface area (TPSA) is 37.8 Å². The summed E-state index contributed by atoms with van der Waals surface area (Å²) in [5.41, 5.74) is 2.04. The van der Waals surface area contributed by atoms with Crippen molar-refractivity contribution >= 4 is 50.6 Å². The van der Waals surface area contributed by atoms with Crippen LogP contribution in [0.25, 0.3) is 21.6 Å². The third-order valence-electron chi connectivity index (χ3n) is 3.99. The van der Waals surface area contributed by atoms with Gasteiger partial charge in [-0.2, -0.15) is 0 Å². The molecule has 0 bridgehead atoms. The lowest BCUT2D eigenvalue weighted by atomic mass is 10.2. The monoisotopic (exact) mass is 399 g/mol. The van der Waals surface area contributed by atoms with Gasteiger partial charge in [-0.05, 0) is 30.7 Å². The molecule has 0 unspecified atom stereocenters. The van der Waals surface area contributed by atoms with Gasteiger partial charge < -0.3 is 5.32 Å². The fraction of sp³-hybridized carbons (Fsp3) is 0.100. The number of hydrogen-bond donors (Lipinski definition) is 1. The van der Waals surface area contributed by atoms with Crippen LogP contribution >= 0.6 is 34.5 Å². The van der Waals surface area contributed by atoms with Crippen LogP contribution < -0.4 is 5.32 Å². The molecule has 6 heteroatoms. The Labute approximate surface area is 165 Å². The molecule has 0 spiro atoms. The molecule has 0 amide bonds. The highest BCUT2D eigenvalue weighted by Gasteiger charge is 2.12. The summed E-state index contributed by atoms with van der Waals surface area (Å²) in [6.07, 6.45) is 0. The van der Waals surface area contributed by atoms with Gasteiger partial charge in [0.25, 0.3) is 0 Å². The second-order valence-electron chi connectivity index (χ2n) is 5.94. The maximum Gasteiger partial charge on any atom is 0.163 e. The summed E-state index contributed by atoms with van der Waals surface area (Å²) >= 11 is 13.8. The fourth-order valence-corrected chi connectivity index (χ4v) is 3.93. The zero-order valence-electron chi connectivity index (χ0n) is 14.0. The van der Waals surface area contributed by atoms with E-state index in [0.29, 0.717) is 16.6 Å². The van der Waals surface area contributed by atoms with E-state index in [0.717, 1.165) is 33.0 Å². The minimum atomic E-state index is 0.551. The van der Waals surface area contributed by atoms with Gasteiger partial charge in [0.2, 0.25) is 0 Å². The van der Waals surface area contributed by atoms with Crippen LogP contribution in [0.3, 0.4) is 0 Å². The molecule has 0 saturated heterocycles. The standard InChI is InChI=1S/C20H15Cl2N3S/c1-12-9-15-19(23-11-13-7-8-16(21)17(22)10-13)24-18(25-20(15)26-12)14-5-3-2-4-6-14/h2-10H,11H2,1H3,(H,23,24,25). The Balaban J connectivity index is 1.71. The van der Waals surface area contributed by atoms with Crippen molar-refractivity contribution in [3.05, 3.63) is 75.1 Å². The van der Waals surface area contributed by atoms with E-state index < -0.39 is 0 Å². The van der Waals surface area contributed by atoms with Crippen LogP contribution in [0, 0.1) is 6.92 Å². The summed E-state index contributed by atoms with van der Waals surface area (Å²) in [5.74, 6) is 1.54. The van der Waals surface area contributed by atoms with Gasteiger partial charge in [0.15, 0.2) is 5.82 Å². The molecular formula is C20H15Cl2N3S. The first-order valence-corrected chi connectivity index (χ1v) is 9.69. The van der Waals surface area contributed by atoms with Gasteiger partial charge in [-0.1, -0.05) is 59.6 Å². The molecule has 4 rings (SSSR count). The number of thiophene rings is 1. The molecule has 2 aromatic heterocycles. The second-order valence-corrected chi connectivity index (χ2v) is 7.99. The average molecular weight is 400 g/mol. The first-order valence-electron chi connectivity index (χ1n) is 8.11. The quantitative estimate of drug-likeness (QED) is 0.420. The molecule has 3 nitrogen and oxygen atoms in total. The molecule has 0 aliphatic rings. The number of rotatable bonds is 4. The van der Waals surface area contributed by atoms with Crippen LogP contribution in [0.15, 0.2) is 54.6 Å². The van der Waals surface area contributed by atoms with E-state index in [9.17, 15) is 0 Å². The van der Waals surface area contributed by atoms with Crippen molar-refractivity contribution in [3.8, 4) is 11.4 Å². The molecule has 0 radical (unpaired) electrons. The summed E-state index contributed by atoms with van der Waals surface area (Å²) < 4.78 is 0. The summed E-state index contributed by atoms with van der Waals surface area (Å²) in [5, 5.41) is 5.57. The maximum absolute atomic E-state index is 6.12. The molecule has 0 saturated carbocycles. The maximum atomic E-state index is 6.12. The first-order chi connectivity index (χ1) is 12.6. The molecule has 2 heterocycles. The Hall–Kier alpha value is -2.14. The van der Waals surface area contributed by atoms with Crippen molar-refractivity contribution in [2.45, 2.75) is 13.5 Å². The van der Waals surface area contributed by atoms with Crippen molar-refractivity contribution in [2.24, 2.45) is 0 Å². The SMILES string of the molecule is Cc1cc2c(NCc3ccc(Cl)c(Cl)c3)nc(-c3ccccc3)nc2s1. The van der Waals surface area contributed by atoms with Gasteiger partial charge in [-0.15, -0.1) is 11.3 Å². The van der Waals surface area contributed by atoms with E-state index in [1.54, 1.807) is 17.4 Å². The van der Waals surface area contributed by atoms with Crippen LogP contribution in [0.2, 0.25) is 10.0 Å². The summed E-state index contributed by atoms with van der Waals surface area (Å²) in [4.78, 5) is 11.7. The lowest BCUT2D eigenvalue weighted by molar-refractivity contribution is 1.11. The Bertz CT molecular complexity index is 1080. The Morgan fingerprint density at radius 3 is 2.54 bits per heavy atom. The molecule has 4 aromatic rings. The normalized spacial score (nSPS) is 11.0. The predicted molar refractivity (Wildman–Crippen MR) is 111 cm³/mol. The van der Waals surface area contributed by atoms with E-state index in [2.05, 4.69) is 18.3 Å². The van der Waals surface area contributed by atoms with E-state index in [1.807, 2.05) is 42.5 Å². The van der Waals surface area contributed by atoms with E-state index in [4.69, 9.17) is 33.2 Å². The van der Waals surface area contributed by atoms with Gasteiger partial charge >= 0.3 is 0 Å². The predicted octanol–water partition coefficient (Wildman–Crippen LogP) is 6.59. The summed E-state index contributed by atoms with van der Waals surface area (Å²) in [6.45, 7) is 2.68. The van der Waals surface area contributed by atoms with Crippen LogP contribution in [0.4, 0.5) is 5.82 Å². The smallest absolute Gasteiger partial charge is 0.163 e. The van der Waals surface area contributed by atoms with Crippen molar-refractivity contribution < 1.29 is 0 Å². The summed E-state index contributed by atoms with van der Waals surface area (Å²) in [7, 11) is 0. The highest BCUT2D eigenvalue weighted by molar-refractivity contribution is 7.18. The van der Waals surface area contributed by atoms with E-state index >= 15 is 0 Å². The largest absolute Gasteiger partial charge is 0.365 e. The summed E-state index contributed by atoms with van der Waals surface area (Å²) in [6, 6.07) is 17.8. The van der Waals surface area contributed by atoms with Gasteiger partial charge in [-0.25, -0.2) is 9.97 Å². The molecular weight excluding hydrogens is 385 g/mol. The number of aromatic nitrogens is 2. The van der Waals surface area contributed by atoms with Crippen molar-refractivity contribution in [1.29, 1.82) is 0 Å². The van der Waals surface area contributed by atoms with Gasteiger partial charge in [0.05, 0.1) is 15.4 Å². The van der Waals surface area contributed by atoms with Crippen LogP contribution in [0.5, 0.6) is 0 Å². The van der Waals surface area contributed by atoms with Gasteiger partial charge in [0, 0.05) is 17.0 Å². The third-order valence-corrected chi connectivity index (χ3v) is 5.68. The Morgan fingerprint density at radius 1 is 0.962 bits per heavy atom. The third kappa shape index (κ3) is 3.54. The molecule has 2 aromatic carbocycles. The molecule has 0 aliphatic carbocycles. The highest BCUT2D eigenvalue weighted by atomic mass is 35.5. The van der Waals surface area contributed by atoms with Crippen LogP contribution in [-0.4, -0.2) is 9.97 Å². The fourth-order valence-electron chi connectivity index (χ4n) is 2.73. The number of nitrogens with zero attached hydrogens (tertiary/aromatic N) is 2. The molecule has 1 N–H and O–H groups in total. The molecule has 130 valence electrons. The zero-order valence-corrected chi connectivity index (χ0v) is 16.3. The minimum absolute atomic E-state index is 0.551. The lowest BCUT2D eigenvalue weighted by Gasteiger charge is -2.10. The average Bonchev–Trinajstić information content (AvgIpc) is 3.03. The lowest BCUT2D eigenvalue weighted by Crippen LogP contribution is -2.03. The minimum Gasteiger partial charge on any atom is -0.365 e. The molecule has 26 heavy (non-hydrogen) atoms. The molecule has 0 aliphatic heterocycles. The number of anilines is 1. The molecule has 0 atom stereocenters. The number of benzene rings is 2. The van der Waals surface area contributed by atoms with Crippen molar-refractivity contribution in [1.82, 2.24) is 9.97 Å². The Morgan fingerprint density at radius 2 is 1.77 bits per heavy atom. The van der Waals surface area contributed by atoms with E-state index in [1.165, 1.54) is 4.88 Å². The van der Waals surface area contributed by atoms with Gasteiger partial charge in [-0.3, -0.25) is 0 Å². The second kappa shape index (κ2) is 7.23. The highest BCUT2D eigenvalue weighted by Crippen LogP contribution is 2.31. The Kier molecular flexibility index (Phi) is 4.81.